The molecule has 0 saturated carbocycles. The Morgan fingerprint density at radius 3 is 2.38 bits per heavy atom. The van der Waals surface area contributed by atoms with E-state index in [4.69, 9.17) is 4.74 Å². The Morgan fingerprint density at radius 1 is 0.974 bits per heavy atom. The molecule has 3 atom stereocenters. The summed E-state index contributed by atoms with van der Waals surface area (Å²) in [6.07, 6.45) is 4.24. The lowest BCUT2D eigenvalue weighted by Crippen LogP contribution is -2.41. The van der Waals surface area contributed by atoms with E-state index in [0.717, 1.165) is 48.1 Å². The highest BCUT2D eigenvalue weighted by molar-refractivity contribution is 6.02. The van der Waals surface area contributed by atoms with Gasteiger partial charge in [0.1, 0.15) is 6.04 Å². The molecule has 3 aromatic rings. The molecule has 1 aliphatic heterocycles. The number of carboxylic acid groups (broad SMARTS) is 1. The third kappa shape index (κ3) is 7.14. The van der Waals surface area contributed by atoms with Gasteiger partial charge in [-0.25, -0.2) is 4.79 Å². The van der Waals surface area contributed by atoms with E-state index < -0.39 is 12.0 Å². The van der Waals surface area contributed by atoms with Crippen molar-refractivity contribution in [1.29, 1.82) is 0 Å². The monoisotopic (exact) mass is 528 g/mol. The van der Waals surface area contributed by atoms with E-state index >= 15 is 0 Å². The number of carbonyl (C=O) groups excluding carboxylic acids is 1. The normalized spacial score (nSPS) is 18.1. The van der Waals surface area contributed by atoms with Crippen molar-refractivity contribution in [3.05, 3.63) is 95.1 Å². The van der Waals surface area contributed by atoms with Crippen molar-refractivity contribution in [2.24, 2.45) is 0 Å². The summed E-state index contributed by atoms with van der Waals surface area (Å²) in [4.78, 5) is 27.7. The Labute approximate surface area is 232 Å². The van der Waals surface area contributed by atoms with Gasteiger partial charge >= 0.3 is 5.97 Å². The number of hydrogen-bond acceptors (Lipinski definition) is 4. The van der Waals surface area contributed by atoms with E-state index in [1.165, 1.54) is 5.56 Å². The summed E-state index contributed by atoms with van der Waals surface area (Å²) in [5.74, 6) is -1.37. The molecule has 39 heavy (non-hydrogen) atoms. The Bertz CT molecular complexity index is 1260. The predicted molar refractivity (Wildman–Crippen MR) is 155 cm³/mol. The molecule has 6 heteroatoms. The Morgan fingerprint density at radius 2 is 1.69 bits per heavy atom. The summed E-state index contributed by atoms with van der Waals surface area (Å²) >= 11 is 0. The fraction of sp³-hybridized carbons (Fsp3) is 0.394. The number of aryl methyl sites for hydroxylation is 1. The highest BCUT2D eigenvalue weighted by Crippen LogP contribution is 2.32. The third-order valence-electron chi connectivity index (χ3n) is 7.75. The maximum Gasteiger partial charge on any atom is 0.326 e. The van der Waals surface area contributed by atoms with Crippen molar-refractivity contribution in [1.82, 2.24) is 10.2 Å². The molecular weight excluding hydrogens is 488 g/mol. The molecule has 1 saturated heterocycles. The molecule has 0 aromatic heterocycles. The van der Waals surface area contributed by atoms with Gasteiger partial charge in [-0.1, -0.05) is 74.0 Å². The minimum atomic E-state index is -1.01. The second kappa shape index (κ2) is 13.5. The zero-order valence-electron chi connectivity index (χ0n) is 23.2. The van der Waals surface area contributed by atoms with Gasteiger partial charge in [-0.2, -0.15) is 0 Å². The number of nitrogens with one attached hydrogen (secondary N) is 1. The first kappa shape index (κ1) is 28.5. The van der Waals surface area contributed by atoms with Gasteiger partial charge in [0.2, 0.25) is 0 Å². The number of amides is 1. The van der Waals surface area contributed by atoms with Crippen molar-refractivity contribution in [2.75, 3.05) is 13.7 Å². The summed E-state index contributed by atoms with van der Waals surface area (Å²) in [6.45, 7) is 5.38. The van der Waals surface area contributed by atoms with Gasteiger partial charge < -0.3 is 15.2 Å². The number of carboxylic acids is 1. The van der Waals surface area contributed by atoms with Gasteiger partial charge in [0.05, 0.1) is 6.61 Å². The van der Waals surface area contributed by atoms with Crippen LogP contribution in [0.15, 0.2) is 72.8 Å². The molecule has 1 amide bonds. The van der Waals surface area contributed by atoms with Crippen LogP contribution in [0.2, 0.25) is 0 Å². The number of ether oxygens (including phenoxy) is 1. The fourth-order valence-electron chi connectivity index (χ4n) is 5.73. The van der Waals surface area contributed by atoms with Crippen molar-refractivity contribution >= 4 is 11.9 Å². The lowest BCUT2D eigenvalue weighted by molar-refractivity contribution is -0.139. The average molecular weight is 529 g/mol. The second-order valence-electron chi connectivity index (χ2n) is 10.6. The van der Waals surface area contributed by atoms with Crippen LogP contribution in [0, 0.1) is 6.92 Å². The maximum absolute atomic E-state index is 13.4. The smallest absolute Gasteiger partial charge is 0.326 e. The average Bonchev–Trinajstić information content (AvgIpc) is 3.29. The number of aliphatic carboxylic acids is 1. The maximum atomic E-state index is 13.4. The summed E-state index contributed by atoms with van der Waals surface area (Å²) in [7, 11) is 1.76. The molecule has 1 aliphatic rings. The Balaban J connectivity index is 1.66. The van der Waals surface area contributed by atoms with Crippen molar-refractivity contribution in [2.45, 2.75) is 70.6 Å². The number of hydrogen-bond donors (Lipinski definition) is 2. The van der Waals surface area contributed by atoms with Crippen LogP contribution < -0.4 is 5.32 Å². The van der Waals surface area contributed by atoms with Crippen LogP contribution in [0.1, 0.15) is 59.7 Å². The molecule has 3 aromatic carbocycles. The second-order valence-corrected chi connectivity index (χ2v) is 10.6. The zero-order chi connectivity index (χ0) is 27.8. The molecule has 0 unspecified atom stereocenters. The van der Waals surface area contributed by atoms with E-state index in [1.54, 1.807) is 7.11 Å². The van der Waals surface area contributed by atoms with Crippen molar-refractivity contribution in [3.8, 4) is 11.1 Å². The largest absolute Gasteiger partial charge is 0.480 e. The lowest BCUT2D eigenvalue weighted by atomic mass is 9.93. The Kier molecular flexibility index (Phi) is 9.90. The summed E-state index contributed by atoms with van der Waals surface area (Å²) in [5.41, 5.74) is 5.80. The van der Waals surface area contributed by atoms with Gasteiger partial charge in [-0.15, -0.1) is 0 Å². The third-order valence-corrected chi connectivity index (χ3v) is 7.75. The predicted octanol–water partition coefficient (Wildman–Crippen LogP) is 5.87. The Hall–Kier alpha value is -3.48. The van der Waals surface area contributed by atoms with Gasteiger partial charge in [0.25, 0.3) is 5.91 Å². The van der Waals surface area contributed by atoms with Gasteiger partial charge in [0, 0.05) is 31.3 Å². The van der Waals surface area contributed by atoms with Crippen LogP contribution in [0.4, 0.5) is 0 Å². The topological polar surface area (TPSA) is 78.9 Å². The molecule has 0 spiro atoms. The van der Waals surface area contributed by atoms with Crippen molar-refractivity contribution < 1.29 is 19.4 Å². The molecule has 6 nitrogen and oxygen atoms in total. The molecule has 4 rings (SSSR count). The molecule has 2 N–H and O–H groups in total. The first-order valence-electron chi connectivity index (χ1n) is 13.9. The van der Waals surface area contributed by atoms with Crippen LogP contribution in [0.3, 0.4) is 0 Å². The molecule has 0 aliphatic carbocycles. The first-order chi connectivity index (χ1) is 18.9. The van der Waals surface area contributed by atoms with Crippen LogP contribution in [-0.2, 0) is 22.5 Å². The van der Waals surface area contributed by atoms with E-state index in [2.05, 4.69) is 46.6 Å². The number of likely N-dealkylation sites (tertiary alicyclic amines) is 1. The van der Waals surface area contributed by atoms with E-state index in [0.29, 0.717) is 37.1 Å². The SMILES string of the molecule is CCC[C@H](NC(=O)c1ccc(CN2[C@@H](COC)CC[C@@H]2Cc2ccccc2)cc1-c1ccccc1C)C(=O)O. The number of methoxy groups -OCH3 is 1. The number of benzene rings is 3. The standard InChI is InChI=1S/C33H40N2O4/c1-4-10-31(33(37)38)34-32(36)29-18-15-25(20-30(29)28-14-9-8-11-23(28)2)21-35-26(16-17-27(35)22-39-3)19-24-12-6-5-7-13-24/h5-9,11-15,18,20,26-27,31H,4,10,16-17,19,21-22H2,1-3H3,(H,34,36)(H,37,38)/t26-,27-,31+/m1/s1. The number of nitrogens with zero attached hydrogens (tertiary/aromatic N) is 1. The first-order valence-corrected chi connectivity index (χ1v) is 13.9. The quantitative estimate of drug-likeness (QED) is 0.308. The van der Waals surface area contributed by atoms with Crippen LogP contribution in [0.25, 0.3) is 11.1 Å². The molecule has 0 bridgehead atoms. The highest BCUT2D eigenvalue weighted by atomic mass is 16.5. The minimum Gasteiger partial charge on any atom is -0.480 e. The molecule has 0 radical (unpaired) electrons. The summed E-state index contributed by atoms with van der Waals surface area (Å²) in [5, 5.41) is 12.4. The number of carbonyl (C=O) groups is 2. The molecule has 206 valence electrons. The van der Waals surface area contributed by atoms with E-state index in [1.807, 2.05) is 50.2 Å². The highest BCUT2D eigenvalue weighted by Gasteiger charge is 2.33. The molecular formula is C33H40N2O4. The van der Waals surface area contributed by atoms with Crippen LogP contribution >= 0.6 is 0 Å². The fourth-order valence-corrected chi connectivity index (χ4v) is 5.73. The van der Waals surface area contributed by atoms with E-state index in [9.17, 15) is 14.7 Å². The van der Waals surface area contributed by atoms with Crippen LogP contribution in [-0.4, -0.2) is 53.7 Å². The van der Waals surface area contributed by atoms with Gasteiger partial charge in [0.15, 0.2) is 0 Å². The lowest BCUT2D eigenvalue weighted by Gasteiger charge is -2.30. The van der Waals surface area contributed by atoms with Crippen molar-refractivity contribution in [3.63, 3.8) is 0 Å². The molecule has 1 heterocycles. The number of rotatable bonds is 12. The summed E-state index contributed by atoms with van der Waals surface area (Å²) < 4.78 is 5.59. The van der Waals surface area contributed by atoms with E-state index in [-0.39, 0.29) is 5.91 Å². The van der Waals surface area contributed by atoms with Crippen LogP contribution in [0.5, 0.6) is 0 Å². The minimum absolute atomic E-state index is 0.332. The molecule has 1 fully saturated rings. The zero-order valence-corrected chi connectivity index (χ0v) is 23.2. The summed E-state index contributed by atoms with van der Waals surface area (Å²) in [6, 6.07) is 24.4. The van der Waals surface area contributed by atoms with Gasteiger partial charge in [-0.05, 0) is 72.6 Å². The van der Waals surface area contributed by atoms with Gasteiger partial charge in [-0.3, -0.25) is 9.69 Å².